The SMILES string of the molecule is C#CCOc1cccc(Nc2ncc(F)c(Nc3cccc(C(=O)C=C(C)C)c3)n2)c1.C=CC(=O)N1CCC(Nc2nc(Nc3ccccc3)ncc2F)CC1.C=CC(=O)Nc1cccc(Nc2nc(Nc3cccc(OCCCN4CCOCC4)c3)ncc2F)c1.CC(C)=CC(=O)c1cccc(Nc2nc(Nc3cccc(OC(F)(F)F)c3)ncc2F)c1. The van der Waals surface area contributed by atoms with Crippen molar-refractivity contribution in [2.45, 2.75) is 59.4 Å². The highest BCUT2D eigenvalue weighted by Crippen LogP contribution is 2.31. The predicted octanol–water partition coefficient (Wildman–Crippen LogP) is 18.7. The Balaban J connectivity index is 0.000000174. The van der Waals surface area contributed by atoms with Crippen molar-refractivity contribution in [3.8, 4) is 29.6 Å². The number of halogens is 7. The van der Waals surface area contributed by atoms with E-state index in [1.54, 1.807) is 122 Å². The van der Waals surface area contributed by atoms with Gasteiger partial charge in [-0.3, -0.25) is 24.1 Å². The van der Waals surface area contributed by atoms with Crippen LogP contribution in [0, 0.1) is 35.6 Å². The van der Waals surface area contributed by atoms with Gasteiger partial charge in [0, 0.05) is 114 Å². The molecule has 0 saturated carbocycles. The van der Waals surface area contributed by atoms with Gasteiger partial charge in [-0.25, -0.2) is 37.5 Å². The number of nitrogens with one attached hydrogen (secondary N) is 9. The second-order valence-electron chi connectivity index (χ2n) is 27.6. The smallest absolute Gasteiger partial charge is 0.493 e. The maximum absolute atomic E-state index is 14.4. The number of nitrogens with zero attached hydrogens (tertiary/aromatic N) is 10. The van der Waals surface area contributed by atoms with Crippen LogP contribution in [0.25, 0.3) is 0 Å². The lowest BCUT2D eigenvalue weighted by Crippen LogP contribution is -2.41. The van der Waals surface area contributed by atoms with Crippen LogP contribution in [-0.2, 0) is 14.3 Å². The summed E-state index contributed by atoms with van der Waals surface area (Å²) in [4.78, 5) is 84.2. The number of piperidine rings is 1. The minimum atomic E-state index is -4.83. The van der Waals surface area contributed by atoms with Crippen LogP contribution in [0.5, 0.6) is 17.2 Å². The largest absolute Gasteiger partial charge is 0.573 e. The van der Waals surface area contributed by atoms with Crippen LogP contribution in [0.2, 0.25) is 0 Å². The van der Waals surface area contributed by atoms with E-state index in [-0.39, 0.29) is 82.8 Å². The number of likely N-dealkylation sites (tertiary alicyclic amines) is 1. The van der Waals surface area contributed by atoms with Crippen molar-refractivity contribution in [2.24, 2.45) is 0 Å². The summed E-state index contributed by atoms with van der Waals surface area (Å²) in [5, 5.41) is 26.2. The Labute approximate surface area is 710 Å². The zero-order valence-electron chi connectivity index (χ0n) is 67.8. The molecule has 0 aliphatic carbocycles. The van der Waals surface area contributed by atoms with Gasteiger partial charge < -0.3 is 71.7 Å². The lowest BCUT2D eigenvalue weighted by Gasteiger charge is -2.32. The average molecular weight is 1700 g/mol. The molecule has 9 N–H and O–H groups in total. The number of ether oxygens (including phenoxy) is 4. The van der Waals surface area contributed by atoms with Crippen LogP contribution in [0.15, 0.2) is 249 Å². The predicted molar refractivity (Wildman–Crippen MR) is 464 cm³/mol. The first-order valence-electron chi connectivity index (χ1n) is 38.7. The zero-order valence-corrected chi connectivity index (χ0v) is 67.8. The summed E-state index contributed by atoms with van der Waals surface area (Å²) in [6, 6.07) is 49.2. The number of morpholine rings is 1. The molecule has 0 unspecified atom stereocenters. The average Bonchev–Trinajstić information content (AvgIpc) is 0.842. The van der Waals surface area contributed by atoms with E-state index >= 15 is 0 Å². The minimum Gasteiger partial charge on any atom is -0.493 e. The molecule has 34 heteroatoms. The molecule has 2 saturated heterocycles. The molecule has 2 amide bonds. The molecule has 27 nitrogen and oxygen atoms in total. The molecule has 124 heavy (non-hydrogen) atoms. The van der Waals surface area contributed by atoms with Crippen LogP contribution in [0.3, 0.4) is 0 Å². The highest BCUT2D eigenvalue weighted by atomic mass is 19.4. The van der Waals surface area contributed by atoms with Crippen LogP contribution >= 0.6 is 0 Å². The number of carbonyl (C=O) groups is 4. The number of anilines is 16. The number of benzene rings is 7. The second kappa shape index (κ2) is 45.9. The number of aromatic nitrogens is 8. The third-order valence-electron chi connectivity index (χ3n) is 17.4. The number of rotatable bonds is 31. The maximum Gasteiger partial charge on any atom is 0.573 e. The van der Waals surface area contributed by atoms with Gasteiger partial charge in [-0.2, -0.15) is 19.9 Å². The number of terminal acetylenes is 1. The van der Waals surface area contributed by atoms with Crippen molar-refractivity contribution in [1.29, 1.82) is 0 Å². The van der Waals surface area contributed by atoms with Gasteiger partial charge in [-0.15, -0.1) is 19.6 Å². The molecule has 2 aliphatic rings. The van der Waals surface area contributed by atoms with E-state index < -0.39 is 35.4 Å². The van der Waals surface area contributed by atoms with Crippen LogP contribution < -0.4 is 62.1 Å². The fraction of sp³-hybridized carbons (Fsp3) is 0.200. The van der Waals surface area contributed by atoms with Gasteiger partial charge in [-0.1, -0.05) is 97.0 Å². The fourth-order valence-electron chi connectivity index (χ4n) is 11.7. The standard InChI is InChI=1S/C26H29FN6O3.C24H21FN4O2.C22H18F4N4O2.C18H20FN5O/c1-2-24(34)29-19-6-3-7-20(16-19)30-25-23(27)18-28-26(32-25)31-21-8-4-9-22(17-21)36-13-5-10-33-11-14-35-15-12-33;1-4-11-31-20-10-6-9-19(14-20)28-24-26-15-21(25)23(29-24)27-18-8-5-7-17(13-18)22(30)12-16(2)3;1-13(2)9-19(31)14-5-3-6-15(10-14)28-20-18(23)12-27-21(30-20)29-16-7-4-8-17(11-16)32-22(24,25)26;1-2-16(25)24-10-8-14(9-11-24)21-17-15(19)12-20-18(23-17)22-13-6-4-3-5-7-13/h2-4,6-9,16-18H,1,5,10-15H2,(H,29,34)(H2,28,30,31,32);1,5-10,12-15H,11H2,2-3H3,(H2,26,27,28,29);3-12H,1-2H3,(H2,27,28,29,30);2-7,12,14H,1,8-11H2,(H2,20,21,22,23). The van der Waals surface area contributed by atoms with Gasteiger partial charge in [0.15, 0.2) is 58.1 Å². The second-order valence-corrected chi connectivity index (χ2v) is 27.6. The number of alkyl halides is 3. The van der Waals surface area contributed by atoms with Crippen molar-refractivity contribution in [3.05, 3.63) is 284 Å². The Morgan fingerprint density at radius 2 is 0.895 bits per heavy atom. The summed E-state index contributed by atoms with van der Waals surface area (Å²) in [5.41, 5.74) is 7.08. The van der Waals surface area contributed by atoms with Crippen LogP contribution in [0.4, 0.5) is 123 Å². The molecule has 0 radical (unpaired) electrons. The number of para-hydroxylation sites is 1. The fourth-order valence-corrected chi connectivity index (χ4v) is 11.7. The molecule has 4 aromatic heterocycles. The number of carbonyl (C=O) groups excluding carboxylic acids is 4. The summed E-state index contributed by atoms with van der Waals surface area (Å²) >= 11 is 0. The molecule has 0 bridgehead atoms. The maximum atomic E-state index is 14.4. The summed E-state index contributed by atoms with van der Waals surface area (Å²) in [6.45, 7) is 20.7. The van der Waals surface area contributed by atoms with Gasteiger partial charge in [0.2, 0.25) is 35.6 Å². The first kappa shape index (κ1) is 91.2. The third-order valence-corrected chi connectivity index (χ3v) is 17.4. The Morgan fingerprint density at radius 3 is 1.35 bits per heavy atom. The Kier molecular flexibility index (Phi) is 33.8. The van der Waals surface area contributed by atoms with Gasteiger partial charge in [0.1, 0.15) is 23.9 Å². The van der Waals surface area contributed by atoms with Crippen molar-refractivity contribution >= 4 is 116 Å². The first-order chi connectivity index (χ1) is 59.8. The van der Waals surface area contributed by atoms with Gasteiger partial charge in [0.25, 0.3) is 0 Å². The van der Waals surface area contributed by atoms with E-state index in [1.807, 2.05) is 68.4 Å². The highest BCUT2D eigenvalue weighted by molar-refractivity contribution is 6.06. The highest BCUT2D eigenvalue weighted by Gasteiger charge is 2.31. The lowest BCUT2D eigenvalue weighted by molar-refractivity contribution is -0.274. The Morgan fingerprint density at radius 1 is 0.492 bits per heavy atom. The van der Waals surface area contributed by atoms with E-state index in [0.29, 0.717) is 76.6 Å². The summed E-state index contributed by atoms with van der Waals surface area (Å²) in [6.07, 6.45) is 12.5. The molecule has 6 heterocycles. The molecular weight excluding hydrogens is 1610 g/mol. The minimum absolute atomic E-state index is 0.00443. The summed E-state index contributed by atoms with van der Waals surface area (Å²) in [7, 11) is 0. The van der Waals surface area contributed by atoms with Crippen molar-refractivity contribution in [1.82, 2.24) is 49.7 Å². The number of allylic oxidation sites excluding steroid dienone is 4. The topological polar surface area (TPSA) is 323 Å². The van der Waals surface area contributed by atoms with E-state index in [2.05, 4.69) is 116 Å². The zero-order chi connectivity index (χ0) is 88.3. The van der Waals surface area contributed by atoms with Gasteiger partial charge in [-0.05, 0) is 162 Å². The molecule has 11 aromatic rings. The molecular formula is C90H88F7N19O8. The monoisotopic (exact) mass is 1700 g/mol. The number of ketones is 2. The summed E-state index contributed by atoms with van der Waals surface area (Å²) < 4.78 is 115. The molecule has 0 atom stereocenters. The summed E-state index contributed by atoms with van der Waals surface area (Å²) in [5.74, 6) is 0.694. The van der Waals surface area contributed by atoms with E-state index in [9.17, 15) is 49.9 Å². The van der Waals surface area contributed by atoms with E-state index in [1.165, 1.54) is 30.4 Å². The van der Waals surface area contributed by atoms with Crippen molar-refractivity contribution in [3.63, 3.8) is 0 Å². The van der Waals surface area contributed by atoms with Crippen molar-refractivity contribution < 1.29 is 68.9 Å². The molecule has 2 fully saturated rings. The van der Waals surface area contributed by atoms with Gasteiger partial charge >= 0.3 is 6.36 Å². The first-order valence-corrected chi connectivity index (χ1v) is 38.7. The number of hydrogen-bond acceptors (Lipinski definition) is 25. The van der Waals surface area contributed by atoms with Crippen molar-refractivity contribution in [2.75, 3.05) is 107 Å². The quantitative estimate of drug-likeness (QED) is 0.00641. The Bertz CT molecular complexity index is 5610. The van der Waals surface area contributed by atoms with E-state index in [4.69, 9.17) is 20.6 Å². The number of amides is 2. The van der Waals surface area contributed by atoms with Gasteiger partial charge in [0.05, 0.1) is 44.6 Å². The molecule has 7 aromatic carbocycles. The van der Waals surface area contributed by atoms with Crippen LogP contribution in [-0.4, -0.2) is 145 Å². The molecule has 13 rings (SSSR count). The lowest BCUT2D eigenvalue weighted by atomic mass is 10.0. The van der Waals surface area contributed by atoms with E-state index in [0.717, 1.165) is 112 Å². The molecule has 0 spiro atoms. The number of hydrogen-bond donors (Lipinski definition) is 9. The van der Waals surface area contributed by atoms with Crippen LogP contribution in [0.1, 0.15) is 67.7 Å². The normalized spacial score (nSPS) is 12.3. The third kappa shape index (κ3) is 30.3. The molecule has 2 aliphatic heterocycles. The Hall–Kier alpha value is -15.1. The molecule has 640 valence electrons.